The van der Waals surface area contributed by atoms with Crippen LogP contribution in [0.5, 0.6) is 0 Å². The van der Waals surface area contributed by atoms with Gasteiger partial charge in [0.1, 0.15) is 0 Å². The fourth-order valence-corrected chi connectivity index (χ4v) is 2.26. The highest BCUT2D eigenvalue weighted by molar-refractivity contribution is 6.20. The van der Waals surface area contributed by atoms with E-state index >= 15 is 0 Å². The topological polar surface area (TPSA) is 46.9 Å². The Balaban J connectivity index is 1.88. The summed E-state index contributed by atoms with van der Waals surface area (Å²) in [5.74, 6) is -0.0360. The van der Waals surface area contributed by atoms with Gasteiger partial charge in [-0.25, -0.2) is 0 Å². The van der Waals surface area contributed by atoms with Gasteiger partial charge in [-0.2, -0.15) is 5.10 Å². The van der Waals surface area contributed by atoms with E-state index in [4.69, 9.17) is 11.6 Å². The van der Waals surface area contributed by atoms with Gasteiger partial charge in [0, 0.05) is 24.7 Å². The third-order valence-corrected chi connectivity index (χ3v) is 3.40. The summed E-state index contributed by atoms with van der Waals surface area (Å²) in [6.07, 6.45) is 7.23. The van der Waals surface area contributed by atoms with Crippen LogP contribution in [0, 0.1) is 0 Å². The normalized spacial score (nSPS) is 25.4. The molecule has 5 heteroatoms. The first-order valence-electron chi connectivity index (χ1n) is 5.58. The molecule has 0 unspecified atom stereocenters. The molecule has 1 amide bonds. The van der Waals surface area contributed by atoms with Gasteiger partial charge in [-0.15, -0.1) is 11.6 Å². The highest BCUT2D eigenvalue weighted by atomic mass is 35.5. The lowest BCUT2D eigenvalue weighted by atomic mass is 9.95. The predicted octanol–water partition coefficient (Wildman–Crippen LogP) is 1.70. The molecule has 1 saturated carbocycles. The number of rotatable bonds is 2. The highest BCUT2D eigenvalue weighted by Gasteiger charge is 2.21. The standard InChI is InChI=1S/C11H16ClN3O/c1-15-7-8(6-13-15)11(16)14-10-4-2-9(12)3-5-10/h6-7,9-10H,2-5H2,1H3,(H,14,16). The van der Waals surface area contributed by atoms with Crippen LogP contribution in [-0.4, -0.2) is 27.1 Å². The van der Waals surface area contributed by atoms with Gasteiger partial charge < -0.3 is 5.32 Å². The maximum atomic E-state index is 11.8. The molecule has 1 aliphatic rings. The van der Waals surface area contributed by atoms with Crippen molar-refractivity contribution in [3.63, 3.8) is 0 Å². The smallest absolute Gasteiger partial charge is 0.254 e. The molecule has 1 heterocycles. The van der Waals surface area contributed by atoms with Crippen molar-refractivity contribution in [2.24, 2.45) is 7.05 Å². The Kier molecular flexibility index (Phi) is 3.49. The lowest BCUT2D eigenvalue weighted by molar-refractivity contribution is 0.0928. The summed E-state index contributed by atoms with van der Waals surface area (Å²) in [4.78, 5) is 11.8. The van der Waals surface area contributed by atoms with E-state index in [0.717, 1.165) is 25.7 Å². The first-order chi connectivity index (χ1) is 7.65. The molecular formula is C11H16ClN3O. The van der Waals surface area contributed by atoms with Crippen LogP contribution in [-0.2, 0) is 7.05 Å². The maximum Gasteiger partial charge on any atom is 0.254 e. The van der Waals surface area contributed by atoms with Gasteiger partial charge in [-0.1, -0.05) is 0 Å². The largest absolute Gasteiger partial charge is 0.349 e. The van der Waals surface area contributed by atoms with Crippen molar-refractivity contribution in [3.8, 4) is 0 Å². The first-order valence-corrected chi connectivity index (χ1v) is 6.02. The molecule has 0 atom stereocenters. The number of aryl methyl sites for hydroxylation is 1. The second kappa shape index (κ2) is 4.87. The highest BCUT2D eigenvalue weighted by Crippen LogP contribution is 2.22. The van der Waals surface area contributed by atoms with E-state index in [-0.39, 0.29) is 17.3 Å². The minimum absolute atomic E-state index is 0.0360. The zero-order chi connectivity index (χ0) is 11.5. The molecule has 2 rings (SSSR count). The van der Waals surface area contributed by atoms with Crippen LogP contribution in [0.25, 0.3) is 0 Å². The molecule has 0 spiro atoms. The summed E-state index contributed by atoms with van der Waals surface area (Å²) < 4.78 is 1.63. The number of carbonyl (C=O) groups excluding carboxylic acids is 1. The average Bonchev–Trinajstić information content (AvgIpc) is 2.68. The second-order valence-corrected chi connectivity index (χ2v) is 4.94. The van der Waals surface area contributed by atoms with Crippen LogP contribution in [0.15, 0.2) is 12.4 Å². The molecule has 16 heavy (non-hydrogen) atoms. The molecular weight excluding hydrogens is 226 g/mol. The molecule has 0 bridgehead atoms. The molecule has 0 saturated heterocycles. The fourth-order valence-electron chi connectivity index (χ4n) is 2.00. The number of hydrogen-bond acceptors (Lipinski definition) is 2. The predicted molar refractivity (Wildman–Crippen MR) is 62.6 cm³/mol. The van der Waals surface area contributed by atoms with Crippen molar-refractivity contribution in [1.82, 2.24) is 15.1 Å². The average molecular weight is 242 g/mol. The van der Waals surface area contributed by atoms with Crippen LogP contribution in [0.3, 0.4) is 0 Å². The summed E-state index contributed by atoms with van der Waals surface area (Å²) >= 11 is 6.01. The number of alkyl halides is 1. The summed E-state index contributed by atoms with van der Waals surface area (Å²) in [6, 6.07) is 0.266. The molecule has 1 aliphatic carbocycles. The molecule has 88 valence electrons. The number of nitrogens with one attached hydrogen (secondary N) is 1. The lowest BCUT2D eigenvalue weighted by Gasteiger charge is -2.25. The minimum Gasteiger partial charge on any atom is -0.349 e. The number of carbonyl (C=O) groups is 1. The van der Waals surface area contributed by atoms with Crippen molar-refractivity contribution in [3.05, 3.63) is 18.0 Å². The Labute approximate surface area is 100.0 Å². The molecule has 0 aliphatic heterocycles. The molecule has 1 fully saturated rings. The molecule has 1 aromatic heterocycles. The van der Waals surface area contributed by atoms with E-state index in [1.807, 2.05) is 0 Å². The van der Waals surface area contributed by atoms with Crippen LogP contribution in [0.2, 0.25) is 0 Å². The number of halogens is 1. The number of nitrogens with zero attached hydrogens (tertiary/aromatic N) is 2. The third kappa shape index (κ3) is 2.76. The fraction of sp³-hybridized carbons (Fsp3) is 0.636. The van der Waals surface area contributed by atoms with E-state index in [0.29, 0.717) is 5.56 Å². The first kappa shape index (κ1) is 11.5. The molecule has 4 nitrogen and oxygen atoms in total. The van der Waals surface area contributed by atoms with Crippen molar-refractivity contribution in [1.29, 1.82) is 0 Å². The molecule has 0 aromatic carbocycles. The number of amides is 1. The van der Waals surface area contributed by atoms with E-state index in [1.165, 1.54) is 0 Å². The summed E-state index contributed by atoms with van der Waals surface area (Å²) in [6.45, 7) is 0. The van der Waals surface area contributed by atoms with Gasteiger partial charge in [-0.05, 0) is 25.7 Å². The third-order valence-electron chi connectivity index (χ3n) is 2.96. The van der Waals surface area contributed by atoms with Gasteiger partial charge in [0.25, 0.3) is 5.91 Å². The van der Waals surface area contributed by atoms with E-state index in [1.54, 1.807) is 24.1 Å². The Morgan fingerprint density at radius 2 is 2.19 bits per heavy atom. The molecule has 1 aromatic rings. The van der Waals surface area contributed by atoms with E-state index in [2.05, 4.69) is 10.4 Å². The summed E-state index contributed by atoms with van der Waals surface area (Å²) in [7, 11) is 1.80. The minimum atomic E-state index is -0.0360. The Morgan fingerprint density at radius 1 is 1.50 bits per heavy atom. The second-order valence-electron chi connectivity index (χ2n) is 4.33. The van der Waals surface area contributed by atoms with Gasteiger partial charge in [0.2, 0.25) is 0 Å². The molecule has 0 radical (unpaired) electrons. The quantitative estimate of drug-likeness (QED) is 0.802. The van der Waals surface area contributed by atoms with Crippen LogP contribution in [0.1, 0.15) is 36.0 Å². The van der Waals surface area contributed by atoms with Gasteiger partial charge in [-0.3, -0.25) is 9.48 Å². The van der Waals surface area contributed by atoms with E-state index in [9.17, 15) is 4.79 Å². The van der Waals surface area contributed by atoms with Crippen molar-refractivity contribution < 1.29 is 4.79 Å². The van der Waals surface area contributed by atoms with E-state index < -0.39 is 0 Å². The summed E-state index contributed by atoms with van der Waals surface area (Å²) in [5, 5.41) is 7.28. The lowest BCUT2D eigenvalue weighted by Crippen LogP contribution is -2.37. The molecule has 1 N–H and O–H groups in total. The van der Waals surface area contributed by atoms with Gasteiger partial charge in [0.15, 0.2) is 0 Å². The Bertz CT molecular complexity index is 369. The number of hydrogen-bond donors (Lipinski definition) is 1. The number of aromatic nitrogens is 2. The van der Waals surface area contributed by atoms with Crippen LogP contribution < -0.4 is 5.32 Å². The van der Waals surface area contributed by atoms with Gasteiger partial charge >= 0.3 is 0 Å². The van der Waals surface area contributed by atoms with Gasteiger partial charge in [0.05, 0.1) is 11.8 Å². The zero-order valence-corrected chi connectivity index (χ0v) is 10.1. The monoisotopic (exact) mass is 241 g/mol. The van der Waals surface area contributed by atoms with Crippen molar-refractivity contribution >= 4 is 17.5 Å². The SMILES string of the molecule is Cn1cc(C(=O)NC2CCC(Cl)CC2)cn1. The zero-order valence-electron chi connectivity index (χ0n) is 9.32. The van der Waals surface area contributed by atoms with Crippen molar-refractivity contribution in [2.75, 3.05) is 0 Å². The van der Waals surface area contributed by atoms with Crippen molar-refractivity contribution in [2.45, 2.75) is 37.1 Å². The Morgan fingerprint density at radius 3 is 2.75 bits per heavy atom. The van der Waals surface area contributed by atoms with Crippen LogP contribution >= 0.6 is 11.6 Å². The summed E-state index contributed by atoms with van der Waals surface area (Å²) in [5.41, 5.74) is 0.621. The van der Waals surface area contributed by atoms with Crippen LogP contribution in [0.4, 0.5) is 0 Å². The maximum absolute atomic E-state index is 11.8. The Hall–Kier alpha value is -1.03.